The zero-order chi connectivity index (χ0) is 26.9. The summed E-state index contributed by atoms with van der Waals surface area (Å²) in [5.41, 5.74) is 7.19. The molecule has 1 saturated heterocycles. The Hall–Kier alpha value is -3.25. The minimum atomic E-state index is -3.52. The largest absolute Gasteiger partial charge is 0.389 e. The summed E-state index contributed by atoms with van der Waals surface area (Å²) in [7, 11) is -3.52. The molecule has 0 saturated carbocycles. The maximum Gasteiger partial charge on any atom is 0.274 e. The molecule has 1 aromatic carbocycles. The fourth-order valence-corrected chi connectivity index (χ4v) is 5.00. The van der Waals surface area contributed by atoms with Crippen LogP contribution in [0.15, 0.2) is 59.8 Å². The van der Waals surface area contributed by atoms with Gasteiger partial charge in [-0.1, -0.05) is 26.0 Å². The van der Waals surface area contributed by atoms with Crippen LogP contribution >= 0.6 is 0 Å². The summed E-state index contributed by atoms with van der Waals surface area (Å²) < 4.78 is 44.6. The van der Waals surface area contributed by atoms with Crippen LogP contribution in [0.2, 0.25) is 0 Å². The summed E-state index contributed by atoms with van der Waals surface area (Å²) in [6.07, 6.45) is 2.66. The van der Waals surface area contributed by atoms with Crippen molar-refractivity contribution >= 4 is 21.4 Å². The highest BCUT2D eigenvalue weighted by molar-refractivity contribution is 7.90. The van der Waals surface area contributed by atoms with Crippen LogP contribution < -0.4 is 11.1 Å². The number of aliphatic hydroxyl groups is 1. The summed E-state index contributed by atoms with van der Waals surface area (Å²) in [6, 6.07) is 9.26. The Morgan fingerprint density at radius 3 is 2.70 bits per heavy atom. The maximum atomic E-state index is 14.6. The Morgan fingerprint density at radius 2 is 2.00 bits per heavy atom. The number of carbonyl (C=O) groups excluding carboxylic acids is 1. The number of carbonyl (C=O) groups is 1. The quantitative estimate of drug-likeness (QED) is 0.443. The van der Waals surface area contributed by atoms with Crippen LogP contribution in [0.4, 0.5) is 10.1 Å². The van der Waals surface area contributed by atoms with Gasteiger partial charge in [-0.05, 0) is 42.7 Å². The van der Waals surface area contributed by atoms with Gasteiger partial charge in [0.1, 0.15) is 17.2 Å². The average Bonchev–Trinajstić information content (AvgIpc) is 2.85. The molecule has 0 spiro atoms. The number of aliphatic hydroxyl groups excluding tert-OH is 1. The number of ether oxygens (including phenoxy) is 1. The Kier molecular flexibility index (Phi) is 7.69. The highest BCUT2D eigenvalue weighted by Gasteiger charge is 2.38. The van der Waals surface area contributed by atoms with E-state index in [4.69, 9.17) is 10.5 Å². The minimum Gasteiger partial charge on any atom is -0.389 e. The summed E-state index contributed by atoms with van der Waals surface area (Å²) in [5, 5.41) is 13.2. The number of amides is 1. The number of nitrogens with zero attached hydrogens (tertiary/aromatic N) is 2. The molecular formula is C26H29FN4O5S. The van der Waals surface area contributed by atoms with Gasteiger partial charge in [0, 0.05) is 29.6 Å². The normalized spacial score (nSPS) is 22.1. The molecule has 1 aliphatic rings. The molecule has 11 heteroatoms. The lowest BCUT2D eigenvalue weighted by atomic mass is 9.88. The monoisotopic (exact) mass is 528 g/mol. The zero-order valence-electron chi connectivity index (χ0n) is 20.6. The molecule has 1 fully saturated rings. The van der Waals surface area contributed by atoms with Gasteiger partial charge in [-0.15, -0.1) is 0 Å². The number of nitrogens with two attached hydrogens (primary N) is 1. The number of anilines is 1. The van der Waals surface area contributed by atoms with Gasteiger partial charge < -0.3 is 20.9 Å². The predicted molar refractivity (Wildman–Crippen MR) is 136 cm³/mol. The van der Waals surface area contributed by atoms with Gasteiger partial charge >= 0.3 is 0 Å². The molecule has 9 nitrogen and oxygen atoms in total. The van der Waals surface area contributed by atoms with Gasteiger partial charge in [-0.25, -0.2) is 17.8 Å². The number of benzene rings is 1. The predicted octanol–water partition coefficient (Wildman–Crippen LogP) is 3.11. The molecule has 3 aromatic rings. The lowest BCUT2D eigenvalue weighted by Crippen LogP contribution is -2.51. The molecule has 4 N–H and O–H groups in total. The van der Waals surface area contributed by atoms with Crippen molar-refractivity contribution in [3.63, 3.8) is 0 Å². The van der Waals surface area contributed by atoms with E-state index in [-0.39, 0.29) is 27.8 Å². The van der Waals surface area contributed by atoms with Crippen LogP contribution in [0.5, 0.6) is 0 Å². The third kappa shape index (κ3) is 5.85. The SMILES string of the molecule is CC(C)[C@H]1O[C@@H](c2ccncc2NC(=O)c2ccc(F)c(-c3cccc(S(C)(=O)=O)c3)n2)C[C@@H](N)[C@@H]1O. The van der Waals surface area contributed by atoms with Gasteiger partial charge in [0.2, 0.25) is 0 Å². The van der Waals surface area contributed by atoms with E-state index in [1.807, 2.05) is 13.8 Å². The first-order chi connectivity index (χ1) is 17.5. The van der Waals surface area contributed by atoms with Crippen molar-refractivity contribution in [2.45, 2.75) is 49.5 Å². The minimum absolute atomic E-state index is 0.0107. The van der Waals surface area contributed by atoms with Gasteiger partial charge in [0.25, 0.3) is 5.91 Å². The van der Waals surface area contributed by atoms with Crippen LogP contribution in [0.1, 0.15) is 42.4 Å². The first kappa shape index (κ1) is 26.8. The summed E-state index contributed by atoms with van der Waals surface area (Å²) in [4.78, 5) is 21.4. The van der Waals surface area contributed by atoms with Crippen molar-refractivity contribution in [3.05, 3.63) is 71.9 Å². The van der Waals surface area contributed by atoms with Crippen LogP contribution in [0.25, 0.3) is 11.3 Å². The van der Waals surface area contributed by atoms with E-state index in [1.54, 1.807) is 12.3 Å². The van der Waals surface area contributed by atoms with Crippen LogP contribution in [0.3, 0.4) is 0 Å². The Morgan fingerprint density at radius 1 is 1.24 bits per heavy atom. The average molecular weight is 529 g/mol. The summed E-state index contributed by atoms with van der Waals surface area (Å²) in [5.74, 6) is -1.30. The van der Waals surface area contributed by atoms with Gasteiger partial charge in [-0.2, -0.15) is 0 Å². The molecule has 0 radical (unpaired) electrons. The van der Waals surface area contributed by atoms with Crippen LogP contribution in [0, 0.1) is 11.7 Å². The number of rotatable bonds is 6. The Bertz CT molecular complexity index is 1420. The van der Waals surface area contributed by atoms with Crippen molar-refractivity contribution in [1.29, 1.82) is 0 Å². The van der Waals surface area contributed by atoms with E-state index < -0.39 is 45.9 Å². The number of aromatic nitrogens is 2. The molecule has 2 aromatic heterocycles. The molecule has 4 atom stereocenters. The van der Waals surface area contributed by atoms with Gasteiger partial charge in [-0.3, -0.25) is 9.78 Å². The Labute approximate surface area is 214 Å². The van der Waals surface area contributed by atoms with Crippen LogP contribution in [-0.4, -0.2) is 53.9 Å². The molecule has 3 heterocycles. The molecule has 1 aliphatic heterocycles. The Balaban J connectivity index is 1.62. The number of pyridine rings is 2. The molecule has 196 valence electrons. The van der Waals surface area contributed by atoms with Gasteiger partial charge in [0.05, 0.1) is 35.1 Å². The fraction of sp³-hybridized carbons (Fsp3) is 0.346. The standard InChI is InChI=1S/C26H29FN4O5S/c1-14(2)25-24(32)19(28)12-22(36-25)17-9-10-29-13-21(17)31-26(33)20-8-7-18(27)23(30-20)15-5-4-6-16(11-15)37(3,34)35/h4-11,13-14,19,22,24-25,32H,12,28H2,1-3H3,(H,31,33)/t19-,22-,24+,25-/m1/s1. The van der Waals surface area contributed by atoms with Crippen molar-refractivity contribution in [3.8, 4) is 11.3 Å². The number of hydrogen-bond donors (Lipinski definition) is 3. The van der Waals surface area contributed by atoms with E-state index in [2.05, 4.69) is 15.3 Å². The highest BCUT2D eigenvalue weighted by atomic mass is 32.2. The van der Waals surface area contributed by atoms with E-state index in [9.17, 15) is 22.7 Å². The van der Waals surface area contributed by atoms with E-state index in [0.29, 0.717) is 17.7 Å². The molecule has 1 amide bonds. The second-order valence-corrected chi connectivity index (χ2v) is 11.5. The summed E-state index contributed by atoms with van der Waals surface area (Å²) in [6.45, 7) is 3.86. The van der Waals surface area contributed by atoms with E-state index >= 15 is 0 Å². The number of sulfone groups is 1. The third-order valence-electron chi connectivity index (χ3n) is 6.30. The second-order valence-electron chi connectivity index (χ2n) is 9.47. The third-order valence-corrected chi connectivity index (χ3v) is 7.41. The maximum absolute atomic E-state index is 14.6. The molecule has 0 aliphatic carbocycles. The first-order valence-corrected chi connectivity index (χ1v) is 13.7. The number of nitrogens with one attached hydrogen (secondary N) is 1. The van der Waals surface area contributed by atoms with Crippen LogP contribution in [-0.2, 0) is 14.6 Å². The molecule has 37 heavy (non-hydrogen) atoms. The van der Waals surface area contributed by atoms with Crippen molar-refractivity contribution in [2.24, 2.45) is 11.7 Å². The molecule has 0 bridgehead atoms. The molecular weight excluding hydrogens is 499 g/mol. The van der Waals surface area contributed by atoms with Gasteiger partial charge in [0.15, 0.2) is 9.84 Å². The lowest BCUT2D eigenvalue weighted by Gasteiger charge is -2.40. The number of halogens is 1. The summed E-state index contributed by atoms with van der Waals surface area (Å²) >= 11 is 0. The zero-order valence-corrected chi connectivity index (χ0v) is 21.4. The number of hydrogen-bond acceptors (Lipinski definition) is 8. The van der Waals surface area contributed by atoms with Crippen molar-refractivity contribution < 1.29 is 27.4 Å². The first-order valence-electron chi connectivity index (χ1n) is 11.8. The fourth-order valence-electron chi connectivity index (χ4n) is 4.33. The highest BCUT2D eigenvalue weighted by Crippen LogP contribution is 2.36. The van der Waals surface area contributed by atoms with Crippen molar-refractivity contribution in [2.75, 3.05) is 11.6 Å². The molecule has 0 unspecified atom stereocenters. The van der Waals surface area contributed by atoms with Crippen molar-refractivity contribution in [1.82, 2.24) is 9.97 Å². The second kappa shape index (κ2) is 10.6. The van der Waals surface area contributed by atoms with E-state index in [1.165, 1.54) is 36.5 Å². The lowest BCUT2D eigenvalue weighted by molar-refractivity contribution is -0.145. The van der Waals surface area contributed by atoms with E-state index in [0.717, 1.165) is 12.3 Å². The smallest absolute Gasteiger partial charge is 0.274 e. The molecule has 4 rings (SSSR count). The topological polar surface area (TPSA) is 144 Å².